The molecule has 0 fully saturated rings. The predicted octanol–water partition coefficient (Wildman–Crippen LogP) is 3.36. The molecular formula is C12H13ClO. The molecule has 1 nitrogen and oxygen atoms in total. The molecule has 74 valence electrons. The second-order valence-corrected chi connectivity index (χ2v) is 3.93. The van der Waals surface area contributed by atoms with Crippen LogP contribution < -0.4 is 4.74 Å². The zero-order valence-corrected chi connectivity index (χ0v) is 9.14. The maximum Gasteiger partial charge on any atom is 0.135 e. The van der Waals surface area contributed by atoms with Crippen molar-refractivity contribution in [1.82, 2.24) is 0 Å². The van der Waals surface area contributed by atoms with E-state index in [1.54, 1.807) is 18.2 Å². The van der Waals surface area contributed by atoms with Crippen molar-refractivity contribution in [2.24, 2.45) is 5.92 Å². The highest BCUT2D eigenvalue weighted by molar-refractivity contribution is 6.30. The Morgan fingerprint density at radius 2 is 2.21 bits per heavy atom. The number of hydrogen-bond acceptors (Lipinski definition) is 1. The summed E-state index contributed by atoms with van der Waals surface area (Å²) in [5, 5.41) is 0.634. The van der Waals surface area contributed by atoms with E-state index in [4.69, 9.17) is 22.8 Å². The highest BCUT2D eigenvalue weighted by Crippen LogP contribution is 2.22. The van der Waals surface area contributed by atoms with Gasteiger partial charge in [0.2, 0.25) is 0 Å². The van der Waals surface area contributed by atoms with Gasteiger partial charge >= 0.3 is 0 Å². The second kappa shape index (κ2) is 4.93. The van der Waals surface area contributed by atoms with Gasteiger partial charge in [0.25, 0.3) is 0 Å². The summed E-state index contributed by atoms with van der Waals surface area (Å²) in [5.41, 5.74) is 0.707. The van der Waals surface area contributed by atoms with Crippen molar-refractivity contribution in [2.75, 3.05) is 6.61 Å². The average Bonchev–Trinajstić information content (AvgIpc) is 2.15. The Kier molecular flexibility index (Phi) is 3.85. The molecule has 0 saturated heterocycles. The highest BCUT2D eigenvalue weighted by atomic mass is 35.5. The van der Waals surface area contributed by atoms with Crippen molar-refractivity contribution in [3.8, 4) is 18.1 Å². The van der Waals surface area contributed by atoms with Crippen molar-refractivity contribution in [2.45, 2.75) is 13.8 Å². The van der Waals surface area contributed by atoms with Crippen LogP contribution in [0.5, 0.6) is 5.75 Å². The van der Waals surface area contributed by atoms with Crippen LogP contribution in [-0.2, 0) is 0 Å². The quantitative estimate of drug-likeness (QED) is 0.693. The van der Waals surface area contributed by atoms with Crippen LogP contribution in [0.4, 0.5) is 0 Å². The molecule has 2 heteroatoms. The molecule has 0 amide bonds. The fourth-order valence-corrected chi connectivity index (χ4v) is 1.17. The molecule has 0 spiro atoms. The fraction of sp³-hybridized carbons (Fsp3) is 0.333. The van der Waals surface area contributed by atoms with Crippen molar-refractivity contribution < 1.29 is 4.74 Å². The van der Waals surface area contributed by atoms with E-state index in [0.717, 1.165) is 5.75 Å². The molecule has 0 heterocycles. The van der Waals surface area contributed by atoms with Gasteiger partial charge in [0.1, 0.15) is 5.75 Å². The van der Waals surface area contributed by atoms with Crippen LogP contribution >= 0.6 is 11.6 Å². The molecule has 0 aromatic heterocycles. The van der Waals surface area contributed by atoms with Gasteiger partial charge in [-0.25, -0.2) is 0 Å². The van der Waals surface area contributed by atoms with E-state index >= 15 is 0 Å². The van der Waals surface area contributed by atoms with E-state index in [9.17, 15) is 0 Å². The van der Waals surface area contributed by atoms with Crippen LogP contribution in [0.1, 0.15) is 19.4 Å². The Hall–Kier alpha value is -1.13. The molecule has 1 aromatic carbocycles. The second-order valence-electron chi connectivity index (χ2n) is 3.49. The smallest absolute Gasteiger partial charge is 0.135 e. The van der Waals surface area contributed by atoms with Gasteiger partial charge in [-0.15, -0.1) is 6.42 Å². The highest BCUT2D eigenvalue weighted by Gasteiger charge is 2.03. The summed E-state index contributed by atoms with van der Waals surface area (Å²) in [4.78, 5) is 0. The van der Waals surface area contributed by atoms with Crippen LogP contribution in [0.3, 0.4) is 0 Å². The Morgan fingerprint density at radius 1 is 1.50 bits per heavy atom. The van der Waals surface area contributed by atoms with Crippen LogP contribution in [0.25, 0.3) is 0 Å². The average molecular weight is 209 g/mol. The van der Waals surface area contributed by atoms with Gasteiger partial charge in [-0.2, -0.15) is 0 Å². The first-order chi connectivity index (χ1) is 6.63. The fourth-order valence-electron chi connectivity index (χ4n) is 0.997. The molecule has 0 bridgehead atoms. The summed E-state index contributed by atoms with van der Waals surface area (Å²) in [6, 6.07) is 5.31. The molecule has 0 saturated carbocycles. The SMILES string of the molecule is C#Cc1cc(Cl)ccc1OCC(C)C. The van der Waals surface area contributed by atoms with Gasteiger partial charge in [0.05, 0.1) is 12.2 Å². The molecule has 0 radical (unpaired) electrons. The van der Waals surface area contributed by atoms with E-state index in [2.05, 4.69) is 19.8 Å². The van der Waals surface area contributed by atoms with E-state index < -0.39 is 0 Å². The monoisotopic (exact) mass is 208 g/mol. The lowest BCUT2D eigenvalue weighted by atomic mass is 10.2. The summed E-state index contributed by atoms with van der Waals surface area (Å²) < 4.78 is 5.54. The van der Waals surface area contributed by atoms with Gasteiger partial charge in [0.15, 0.2) is 0 Å². The molecule has 0 N–H and O–H groups in total. The number of rotatable bonds is 3. The third-order valence-corrected chi connectivity index (χ3v) is 1.90. The minimum absolute atomic E-state index is 0.483. The topological polar surface area (TPSA) is 9.23 Å². The van der Waals surface area contributed by atoms with E-state index in [-0.39, 0.29) is 0 Å². The van der Waals surface area contributed by atoms with Gasteiger partial charge in [-0.05, 0) is 24.1 Å². The molecule has 1 aromatic rings. The van der Waals surface area contributed by atoms with Crippen LogP contribution in [0, 0.1) is 18.3 Å². The first-order valence-electron chi connectivity index (χ1n) is 4.52. The molecule has 0 aliphatic rings. The number of ether oxygens (including phenoxy) is 1. The van der Waals surface area contributed by atoms with Crippen molar-refractivity contribution in [3.63, 3.8) is 0 Å². The lowest BCUT2D eigenvalue weighted by Gasteiger charge is -2.10. The Bertz CT molecular complexity index is 350. The van der Waals surface area contributed by atoms with Crippen molar-refractivity contribution in [1.29, 1.82) is 0 Å². The summed E-state index contributed by atoms with van der Waals surface area (Å²) in [7, 11) is 0. The molecular weight excluding hydrogens is 196 g/mol. The van der Waals surface area contributed by atoms with Gasteiger partial charge in [-0.3, -0.25) is 0 Å². The third kappa shape index (κ3) is 2.97. The first-order valence-corrected chi connectivity index (χ1v) is 4.90. The maximum absolute atomic E-state index is 5.81. The maximum atomic E-state index is 5.81. The zero-order chi connectivity index (χ0) is 10.6. The number of terminal acetylenes is 1. The van der Waals surface area contributed by atoms with Crippen molar-refractivity contribution in [3.05, 3.63) is 28.8 Å². The van der Waals surface area contributed by atoms with Crippen LogP contribution in [0.2, 0.25) is 5.02 Å². The predicted molar refractivity (Wildman–Crippen MR) is 59.7 cm³/mol. The van der Waals surface area contributed by atoms with E-state index in [0.29, 0.717) is 23.1 Å². The lowest BCUT2D eigenvalue weighted by Crippen LogP contribution is -2.05. The summed E-state index contributed by atoms with van der Waals surface area (Å²) in [6.45, 7) is 4.84. The van der Waals surface area contributed by atoms with Crippen LogP contribution in [-0.4, -0.2) is 6.61 Å². The van der Waals surface area contributed by atoms with Crippen LogP contribution in [0.15, 0.2) is 18.2 Å². The van der Waals surface area contributed by atoms with Gasteiger partial charge in [0, 0.05) is 5.02 Å². The first kappa shape index (κ1) is 10.9. The molecule has 1 rings (SSSR count). The number of benzene rings is 1. The Balaban J connectivity index is 2.82. The standard InChI is InChI=1S/C12H13ClO/c1-4-10-7-11(13)5-6-12(10)14-8-9(2)3/h1,5-7,9H,8H2,2-3H3. The van der Waals surface area contributed by atoms with E-state index in [1.165, 1.54) is 0 Å². The van der Waals surface area contributed by atoms with Gasteiger partial charge < -0.3 is 4.74 Å². The lowest BCUT2D eigenvalue weighted by molar-refractivity contribution is 0.270. The summed E-state index contributed by atoms with van der Waals surface area (Å²) in [6.07, 6.45) is 5.34. The molecule has 0 aliphatic heterocycles. The van der Waals surface area contributed by atoms with E-state index in [1.807, 2.05) is 0 Å². The third-order valence-electron chi connectivity index (χ3n) is 1.67. The van der Waals surface area contributed by atoms with Crippen molar-refractivity contribution >= 4 is 11.6 Å². The number of hydrogen-bond donors (Lipinski definition) is 0. The Morgan fingerprint density at radius 3 is 2.79 bits per heavy atom. The minimum atomic E-state index is 0.483. The summed E-state index contributed by atoms with van der Waals surface area (Å²) >= 11 is 5.81. The molecule has 0 atom stereocenters. The minimum Gasteiger partial charge on any atom is -0.492 e. The molecule has 14 heavy (non-hydrogen) atoms. The van der Waals surface area contributed by atoms with Gasteiger partial charge in [-0.1, -0.05) is 31.4 Å². The molecule has 0 aliphatic carbocycles. The zero-order valence-electron chi connectivity index (χ0n) is 8.38. The number of halogens is 1. The summed E-state index contributed by atoms with van der Waals surface area (Å²) in [5.74, 6) is 3.76. The Labute approximate surface area is 90.0 Å². The molecule has 0 unspecified atom stereocenters. The normalized spacial score (nSPS) is 9.93. The largest absolute Gasteiger partial charge is 0.492 e.